The van der Waals surface area contributed by atoms with E-state index in [0.717, 1.165) is 44.0 Å². The first kappa shape index (κ1) is 20.7. The molecule has 1 saturated heterocycles. The Morgan fingerprint density at radius 1 is 1.32 bits per heavy atom. The lowest BCUT2D eigenvalue weighted by molar-refractivity contribution is -0.656. The summed E-state index contributed by atoms with van der Waals surface area (Å²) in [4.78, 5) is 0. The molecule has 1 aromatic carbocycles. The molecule has 3 nitrogen and oxygen atoms in total. The van der Waals surface area contributed by atoms with E-state index in [4.69, 9.17) is 21.1 Å². The number of ether oxygens (including phenoxy) is 2. The highest BCUT2D eigenvalue weighted by Gasteiger charge is 2.33. The van der Waals surface area contributed by atoms with Gasteiger partial charge in [-0.3, -0.25) is 0 Å². The molecule has 1 aliphatic heterocycles. The molecule has 25 heavy (non-hydrogen) atoms. The molecule has 0 aliphatic carbocycles. The summed E-state index contributed by atoms with van der Waals surface area (Å²) in [7, 11) is 1.77. The van der Waals surface area contributed by atoms with Crippen molar-refractivity contribution in [3.8, 4) is 0 Å². The highest BCUT2D eigenvalue weighted by Crippen LogP contribution is 2.36. The predicted octanol–water partition coefficient (Wildman–Crippen LogP) is 3.69. The first-order valence-electron chi connectivity index (χ1n) is 9.70. The van der Waals surface area contributed by atoms with Crippen LogP contribution in [0.3, 0.4) is 0 Å². The molecule has 0 aromatic heterocycles. The fraction of sp³-hybridized carbons (Fsp3) is 0.714. The van der Waals surface area contributed by atoms with Gasteiger partial charge < -0.3 is 14.8 Å². The lowest BCUT2D eigenvalue weighted by atomic mass is 9.75. The zero-order valence-electron chi connectivity index (χ0n) is 16.1. The summed E-state index contributed by atoms with van der Waals surface area (Å²) in [5, 5.41) is 3.34. The lowest BCUT2D eigenvalue weighted by Gasteiger charge is -2.39. The van der Waals surface area contributed by atoms with Crippen molar-refractivity contribution in [3.05, 3.63) is 34.9 Å². The molecular formula is C21H35ClNO2+. The van der Waals surface area contributed by atoms with Crippen LogP contribution in [0, 0.1) is 11.8 Å². The van der Waals surface area contributed by atoms with Crippen molar-refractivity contribution < 1.29 is 14.8 Å². The number of nitrogens with two attached hydrogens (primary N) is 1. The third kappa shape index (κ3) is 7.26. The summed E-state index contributed by atoms with van der Waals surface area (Å²) >= 11 is 6.44. The molecule has 0 saturated carbocycles. The summed E-state index contributed by atoms with van der Waals surface area (Å²) in [5.41, 5.74) is 1.29. The van der Waals surface area contributed by atoms with Gasteiger partial charge in [-0.15, -0.1) is 0 Å². The van der Waals surface area contributed by atoms with Crippen LogP contribution in [0.25, 0.3) is 0 Å². The Kier molecular flexibility index (Phi) is 8.71. The fourth-order valence-corrected chi connectivity index (χ4v) is 4.19. The second-order valence-corrected chi connectivity index (χ2v) is 8.32. The summed E-state index contributed by atoms with van der Waals surface area (Å²) in [5.74, 6) is 1.38. The molecule has 2 rings (SSSR count). The van der Waals surface area contributed by atoms with Gasteiger partial charge in [0.1, 0.15) is 0 Å². The van der Waals surface area contributed by atoms with Gasteiger partial charge in [0.15, 0.2) is 0 Å². The standard InChI is InChI=1S/C21H34ClNO2/c1-21(2)16-19(10-14-25-21)17(9-12-23-11-6-13-24-3)15-18-7-4-5-8-20(18)22/h4-5,7-8,17,19,23H,6,9-16H2,1-3H3/p+1/t17-,19+/m0/s1. The van der Waals surface area contributed by atoms with Crippen molar-refractivity contribution >= 4 is 11.6 Å². The van der Waals surface area contributed by atoms with Gasteiger partial charge >= 0.3 is 0 Å². The molecule has 0 amide bonds. The molecule has 2 atom stereocenters. The lowest BCUT2D eigenvalue weighted by Crippen LogP contribution is -2.84. The molecule has 4 heteroatoms. The maximum Gasteiger partial charge on any atom is 0.0777 e. The normalized spacial score (nSPS) is 21.2. The number of quaternary nitrogens is 1. The zero-order chi connectivity index (χ0) is 18.1. The van der Waals surface area contributed by atoms with Crippen LogP contribution in [0.5, 0.6) is 0 Å². The Labute approximate surface area is 158 Å². The smallest absolute Gasteiger partial charge is 0.0777 e. The third-order valence-corrected chi connectivity index (χ3v) is 5.71. The second-order valence-electron chi connectivity index (χ2n) is 7.92. The maximum absolute atomic E-state index is 6.44. The Balaban J connectivity index is 1.94. The number of hydrogen-bond acceptors (Lipinski definition) is 2. The van der Waals surface area contributed by atoms with Crippen LogP contribution in [-0.2, 0) is 15.9 Å². The molecule has 2 N–H and O–H groups in total. The SMILES string of the molecule is COCCC[NH2+]CC[C@@H](Cc1ccccc1Cl)[C@@H]1CCOC(C)(C)C1. The highest BCUT2D eigenvalue weighted by molar-refractivity contribution is 6.31. The Hall–Kier alpha value is -0.610. The van der Waals surface area contributed by atoms with Crippen molar-refractivity contribution in [3.63, 3.8) is 0 Å². The van der Waals surface area contributed by atoms with Crippen molar-refractivity contribution in [2.45, 2.75) is 51.6 Å². The number of halogens is 1. The van der Waals surface area contributed by atoms with Crippen molar-refractivity contribution in [2.75, 3.05) is 33.4 Å². The minimum absolute atomic E-state index is 0.00380. The molecule has 1 fully saturated rings. The number of rotatable bonds is 10. The van der Waals surface area contributed by atoms with Crippen LogP contribution in [0.2, 0.25) is 5.02 Å². The number of benzene rings is 1. The molecule has 1 aliphatic rings. The third-order valence-electron chi connectivity index (χ3n) is 5.34. The second kappa shape index (κ2) is 10.5. The van der Waals surface area contributed by atoms with Crippen LogP contribution < -0.4 is 5.32 Å². The van der Waals surface area contributed by atoms with E-state index >= 15 is 0 Å². The first-order chi connectivity index (χ1) is 12.0. The monoisotopic (exact) mass is 368 g/mol. The van der Waals surface area contributed by atoms with Crippen molar-refractivity contribution in [2.24, 2.45) is 11.8 Å². The average Bonchev–Trinajstić information content (AvgIpc) is 2.57. The van der Waals surface area contributed by atoms with E-state index in [2.05, 4.69) is 31.3 Å². The fourth-order valence-electron chi connectivity index (χ4n) is 3.98. The van der Waals surface area contributed by atoms with Gasteiger partial charge in [-0.25, -0.2) is 0 Å². The van der Waals surface area contributed by atoms with Crippen LogP contribution in [0.4, 0.5) is 0 Å². The van der Waals surface area contributed by atoms with E-state index in [1.54, 1.807) is 7.11 Å². The Bertz CT molecular complexity index is 506. The van der Waals surface area contributed by atoms with Gasteiger partial charge in [-0.2, -0.15) is 0 Å². The molecular weight excluding hydrogens is 334 g/mol. The van der Waals surface area contributed by atoms with Gasteiger partial charge in [0.05, 0.1) is 25.3 Å². The highest BCUT2D eigenvalue weighted by atomic mass is 35.5. The first-order valence-corrected chi connectivity index (χ1v) is 10.1. The van der Waals surface area contributed by atoms with E-state index < -0.39 is 0 Å². The van der Waals surface area contributed by atoms with E-state index in [-0.39, 0.29) is 5.60 Å². The predicted molar refractivity (Wildman–Crippen MR) is 104 cm³/mol. The van der Waals surface area contributed by atoms with Crippen LogP contribution in [0.1, 0.15) is 45.1 Å². The number of hydrogen-bond donors (Lipinski definition) is 1. The molecule has 0 unspecified atom stereocenters. The minimum Gasteiger partial charge on any atom is -0.384 e. The van der Waals surface area contributed by atoms with E-state index in [0.29, 0.717) is 11.8 Å². The summed E-state index contributed by atoms with van der Waals surface area (Å²) in [6.07, 6.45) is 5.75. The molecule has 0 bridgehead atoms. The Morgan fingerprint density at radius 2 is 2.12 bits per heavy atom. The average molecular weight is 369 g/mol. The van der Waals surface area contributed by atoms with Gasteiger partial charge in [0.25, 0.3) is 0 Å². The summed E-state index contributed by atoms with van der Waals surface area (Å²) in [6.45, 7) is 8.51. The van der Waals surface area contributed by atoms with Crippen molar-refractivity contribution in [1.29, 1.82) is 0 Å². The Morgan fingerprint density at radius 3 is 2.84 bits per heavy atom. The van der Waals surface area contributed by atoms with Gasteiger partial charge in [-0.1, -0.05) is 29.8 Å². The summed E-state index contributed by atoms with van der Waals surface area (Å²) < 4.78 is 11.1. The number of methoxy groups -OCH3 is 1. The molecule has 1 aromatic rings. The van der Waals surface area contributed by atoms with Crippen LogP contribution in [-0.4, -0.2) is 39.0 Å². The van der Waals surface area contributed by atoms with E-state index in [1.165, 1.54) is 24.9 Å². The molecule has 1 heterocycles. The van der Waals surface area contributed by atoms with Crippen LogP contribution >= 0.6 is 11.6 Å². The molecule has 142 valence electrons. The summed E-state index contributed by atoms with van der Waals surface area (Å²) in [6, 6.07) is 8.31. The molecule has 0 spiro atoms. The zero-order valence-corrected chi connectivity index (χ0v) is 16.9. The topological polar surface area (TPSA) is 35.1 Å². The minimum atomic E-state index is 0.00380. The van der Waals surface area contributed by atoms with E-state index in [1.807, 2.05) is 12.1 Å². The van der Waals surface area contributed by atoms with Gasteiger partial charge in [0, 0.05) is 25.2 Å². The maximum atomic E-state index is 6.44. The molecule has 0 radical (unpaired) electrons. The van der Waals surface area contributed by atoms with Crippen LogP contribution in [0.15, 0.2) is 24.3 Å². The van der Waals surface area contributed by atoms with Gasteiger partial charge in [-0.05, 0) is 63.0 Å². The largest absolute Gasteiger partial charge is 0.384 e. The van der Waals surface area contributed by atoms with E-state index in [9.17, 15) is 0 Å². The quantitative estimate of drug-likeness (QED) is 0.639. The van der Waals surface area contributed by atoms with Gasteiger partial charge in [0.2, 0.25) is 0 Å². The van der Waals surface area contributed by atoms with Crippen molar-refractivity contribution in [1.82, 2.24) is 0 Å².